The third kappa shape index (κ3) is 7.52. The smallest absolute Gasteiger partial charge is 0.481 e. The summed E-state index contributed by atoms with van der Waals surface area (Å²) in [4.78, 5) is 66.3. The van der Waals surface area contributed by atoms with Crippen LogP contribution in [0.15, 0.2) is 30.4 Å². The van der Waals surface area contributed by atoms with Gasteiger partial charge in [-0.2, -0.15) is 0 Å². The molecule has 1 heterocycles. The normalized spacial score (nSPS) is 15.5. The lowest BCUT2D eigenvalue weighted by Gasteiger charge is -2.23. The topological polar surface area (TPSA) is 171 Å². The summed E-state index contributed by atoms with van der Waals surface area (Å²) >= 11 is 0. The Morgan fingerprint density at radius 1 is 1.15 bits per heavy atom. The van der Waals surface area contributed by atoms with Crippen molar-refractivity contribution in [2.24, 2.45) is 5.92 Å². The van der Waals surface area contributed by atoms with Crippen molar-refractivity contribution in [3.8, 4) is 5.75 Å². The molecule has 1 aliphatic rings. The minimum atomic E-state index is -4.84. The van der Waals surface area contributed by atoms with Crippen molar-refractivity contribution in [2.75, 3.05) is 11.9 Å². The molecule has 0 aliphatic carbocycles. The number of carboxylic acids is 1. The van der Waals surface area contributed by atoms with Gasteiger partial charge in [-0.25, -0.2) is 4.57 Å². The van der Waals surface area contributed by atoms with E-state index in [0.29, 0.717) is 24.8 Å². The highest BCUT2D eigenvalue weighted by molar-refractivity contribution is 7.46. The molecule has 3 amide bonds. The van der Waals surface area contributed by atoms with Crippen LogP contribution >= 0.6 is 7.82 Å². The Morgan fingerprint density at radius 3 is 2.33 bits per heavy atom. The van der Waals surface area contributed by atoms with Crippen LogP contribution in [0.3, 0.4) is 0 Å². The summed E-state index contributed by atoms with van der Waals surface area (Å²) in [5.41, 5.74) is 0.693. The Morgan fingerprint density at radius 2 is 1.79 bits per heavy atom. The average molecular weight is 482 g/mol. The molecule has 0 aromatic heterocycles. The fraction of sp³-hybridized carbons (Fsp3) is 0.429. The van der Waals surface area contributed by atoms with Gasteiger partial charge in [-0.3, -0.25) is 33.9 Å². The van der Waals surface area contributed by atoms with Crippen molar-refractivity contribution < 1.29 is 43.2 Å². The van der Waals surface area contributed by atoms with Gasteiger partial charge in [0.1, 0.15) is 5.75 Å². The van der Waals surface area contributed by atoms with Crippen molar-refractivity contribution in [2.45, 2.75) is 45.4 Å². The zero-order valence-electron chi connectivity index (χ0n) is 18.3. The fourth-order valence-corrected chi connectivity index (χ4v) is 3.98. The lowest BCUT2D eigenvalue weighted by molar-refractivity contribution is -0.142. The number of unbranched alkanes of at least 4 members (excludes halogenated alkanes) is 1. The molecule has 4 N–H and O–H groups in total. The first-order valence-corrected chi connectivity index (χ1v) is 11.9. The summed E-state index contributed by atoms with van der Waals surface area (Å²) in [6, 6.07) is 4.03. The van der Waals surface area contributed by atoms with Crippen LogP contribution in [0.5, 0.6) is 5.75 Å². The van der Waals surface area contributed by atoms with Gasteiger partial charge in [0.05, 0.1) is 5.92 Å². The zero-order chi connectivity index (χ0) is 24.8. The van der Waals surface area contributed by atoms with E-state index in [1.54, 1.807) is 6.92 Å². The molecule has 1 aromatic rings. The second kappa shape index (κ2) is 11.2. The quantitative estimate of drug-likeness (QED) is 0.198. The molecule has 1 aromatic carbocycles. The summed E-state index contributed by atoms with van der Waals surface area (Å²) in [5.74, 6) is -3.65. The van der Waals surface area contributed by atoms with E-state index in [4.69, 9.17) is 9.79 Å². The van der Waals surface area contributed by atoms with Crippen LogP contribution < -0.4 is 9.84 Å². The van der Waals surface area contributed by atoms with Gasteiger partial charge in [-0.15, -0.1) is 0 Å². The maximum atomic E-state index is 12.5. The molecule has 12 heteroatoms. The van der Waals surface area contributed by atoms with Gasteiger partial charge < -0.3 is 14.9 Å². The number of nitrogens with zero attached hydrogens (tertiary/aromatic N) is 1. The summed E-state index contributed by atoms with van der Waals surface area (Å²) in [6.45, 7) is 3.52. The van der Waals surface area contributed by atoms with Crippen LogP contribution in [-0.4, -0.2) is 50.0 Å². The summed E-state index contributed by atoms with van der Waals surface area (Å²) in [5, 5.41) is 12.1. The first kappa shape index (κ1) is 26.2. The summed E-state index contributed by atoms with van der Waals surface area (Å²) < 4.78 is 15.8. The number of nitrogens with one attached hydrogen (secondary N) is 1. The number of amides is 3. The van der Waals surface area contributed by atoms with Crippen molar-refractivity contribution in [1.29, 1.82) is 0 Å². The molecule has 0 fully saturated rings. The van der Waals surface area contributed by atoms with Gasteiger partial charge >= 0.3 is 13.8 Å². The van der Waals surface area contributed by atoms with Crippen LogP contribution in [0.4, 0.5) is 5.69 Å². The predicted octanol–water partition coefficient (Wildman–Crippen LogP) is 2.41. The SMILES string of the molecule is CCC(c1ccc(OP(=O)(O)O)cc1NC(=O)CCCCN1C(=O)C=CC1=O)C(C)C(=O)O. The largest absolute Gasteiger partial charge is 0.524 e. The van der Waals surface area contributed by atoms with E-state index < -0.39 is 43.3 Å². The number of benzene rings is 1. The molecule has 0 saturated heterocycles. The highest BCUT2D eigenvalue weighted by Crippen LogP contribution is 2.41. The van der Waals surface area contributed by atoms with Crippen molar-refractivity contribution in [1.82, 2.24) is 4.90 Å². The maximum absolute atomic E-state index is 12.5. The minimum absolute atomic E-state index is 0.0535. The maximum Gasteiger partial charge on any atom is 0.524 e. The van der Waals surface area contributed by atoms with Gasteiger partial charge in [0.25, 0.3) is 11.8 Å². The van der Waals surface area contributed by atoms with Gasteiger partial charge in [0, 0.05) is 36.9 Å². The second-order valence-electron chi connectivity index (χ2n) is 7.64. The van der Waals surface area contributed by atoms with Gasteiger partial charge in [0.15, 0.2) is 0 Å². The van der Waals surface area contributed by atoms with Crippen molar-refractivity contribution in [3.63, 3.8) is 0 Å². The molecule has 2 unspecified atom stereocenters. The number of phosphoric ester groups is 1. The first-order chi connectivity index (χ1) is 15.4. The Balaban J connectivity index is 2.12. The highest BCUT2D eigenvalue weighted by Gasteiger charge is 2.27. The lowest BCUT2D eigenvalue weighted by Crippen LogP contribution is -2.31. The van der Waals surface area contributed by atoms with E-state index in [0.717, 1.165) is 4.90 Å². The molecule has 1 aliphatic heterocycles. The second-order valence-corrected chi connectivity index (χ2v) is 8.80. The number of carbonyl (C=O) groups is 4. The lowest BCUT2D eigenvalue weighted by atomic mass is 9.84. The molecule has 0 spiro atoms. The average Bonchev–Trinajstić information content (AvgIpc) is 3.03. The number of rotatable bonds is 12. The Labute approximate surface area is 190 Å². The Kier molecular flexibility index (Phi) is 8.92. The third-order valence-corrected chi connectivity index (χ3v) is 5.74. The van der Waals surface area contributed by atoms with Crippen LogP contribution in [0.2, 0.25) is 0 Å². The van der Waals surface area contributed by atoms with E-state index in [1.807, 2.05) is 0 Å². The van der Waals surface area contributed by atoms with Gasteiger partial charge in [0.2, 0.25) is 5.91 Å². The van der Waals surface area contributed by atoms with Gasteiger partial charge in [-0.1, -0.05) is 19.9 Å². The number of hydrogen-bond donors (Lipinski definition) is 4. The van der Waals surface area contributed by atoms with E-state index >= 15 is 0 Å². The third-order valence-electron chi connectivity index (χ3n) is 5.29. The van der Waals surface area contributed by atoms with E-state index in [9.17, 15) is 28.8 Å². The van der Waals surface area contributed by atoms with E-state index in [-0.39, 0.29) is 24.4 Å². The molecule has 2 atom stereocenters. The number of hydrogen-bond acceptors (Lipinski definition) is 6. The van der Waals surface area contributed by atoms with Crippen LogP contribution in [0, 0.1) is 5.92 Å². The molecule has 11 nitrogen and oxygen atoms in total. The molecule has 0 saturated carbocycles. The molecular weight excluding hydrogens is 455 g/mol. The first-order valence-electron chi connectivity index (χ1n) is 10.4. The summed E-state index contributed by atoms with van der Waals surface area (Å²) in [6.07, 6.45) is 3.66. The molecular formula is C21H27N2O9P. The fourth-order valence-electron chi connectivity index (χ4n) is 3.60. The van der Waals surface area contributed by atoms with Crippen molar-refractivity contribution >= 4 is 37.2 Å². The highest BCUT2D eigenvalue weighted by atomic mass is 31.2. The van der Waals surface area contributed by atoms with Crippen LogP contribution in [-0.2, 0) is 23.7 Å². The summed E-state index contributed by atoms with van der Waals surface area (Å²) in [7, 11) is -4.84. The number of imide groups is 1. The standard InChI is InChI=1S/C21H27N2O9P/c1-3-15(13(2)21(27)28)16-8-7-14(32-33(29,30)31)12-17(16)22-18(24)6-4-5-11-23-19(25)9-10-20(23)26/h7-10,12-13,15H,3-6,11H2,1-2H3,(H,22,24)(H,27,28)(H2,29,30,31). The Bertz CT molecular complexity index is 983. The molecule has 2 rings (SSSR count). The van der Waals surface area contributed by atoms with Crippen LogP contribution in [0.25, 0.3) is 0 Å². The number of aliphatic carboxylic acids is 1. The molecule has 33 heavy (non-hydrogen) atoms. The van der Waals surface area contributed by atoms with Gasteiger partial charge in [-0.05, 0) is 36.8 Å². The van der Waals surface area contributed by atoms with E-state index in [2.05, 4.69) is 9.84 Å². The molecule has 0 radical (unpaired) electrons. The number of carboxylic acid groups (broad SMARTS) is 1. The molecule has 0 bridgehead atoms. The molecule has 180 valence electrons. The predicted molar refractivity (Wildman–Crippen MR) is 117 cm³/mol. The monoisotopic (exact) mass is 482 g/mol. The Hall–Kier alpha value is -3.01. The number of carbonyl (C=O) groups excluding carboxylic acids is 3. The van der Waals surface area contributed by atoms with Crippen LogP contribution in [0.1, 0.15) is 51.0 Å². The minimum Gasteiger partial charge on any atom is -0.481 e. The van der Waals surface area contributed by atoms with Crippen molar-refractivity contribution in [3.05, 3.63) is 35.9 Å². The number of anilines is 1. The number of phosphoric acid groups is 1. The zero-order valence-corrected chi connectivity index (χ0v) is 19.2. The van der Waals surface area contributed by atoms with E-state index in [1.165, 1.54) is 37.3 Å².